The number of carbonyl (C=O) groups is 8. The molecule has 0 spiro atoms. The maximum absolute atomic E-state index is 10.3. The van der Waals surface area contributed by atoms with Crippen LogP contribution < -0.4 is 10.6 Å². The van der Waals surface area contributed by atoms with Crippen LogP contribution in [-0.4, -0.2) is 98.1 Å². The maximum Gasteiger partial charge on any atom is 0.300 e. The molecule has 14 nitrogen and oxygen atoms in total. The summed E-state index contributed by atoms with van der Waals surface area (Å²) in [7, 11) is 7.41. The first-order valence-corrected chi connectivity index (χ1v) is 15.3. The van der Waals surface area contributed by atoms with E-state index in [1.165, 1.54) is 62.7 Å². The summed E-state index contributed by atoms with van der Waals surface area (Å²) in [5.74, 6) is -1.72. The smallest absolute Gasteiger partial charge is 0.300 e. The SMILES string of the molecule is C.C.C.C.C.C.C.C.C.C.C.C.C.C.C.C.C.C.C.C.C.C.C.C.C.C.C.C.C.C.C.C.C.C.C.C.C.C.C.C.C.C.C.C.C.C.C.C.C.C.C.C.C.CC.CC.CC.CC.CC.CC.CC(=O)N(C)C(C)=O.CC(=O)N(C)C(C)=O.CC(=O)O.CNC(C)=O.CNC(C)=O.COC=O.[W].[W].[Y].[Y]. The van der Waals surface area contributed by atoms with Crippen LogP contribution in [-0.2, 0) is 151 Å². The van der Waals surface area contributed by atoms with E-state index in [2.05, 4.69) is 15.4 Å². The van der Waals surface area contributed by atoms with Crippen molar-refractivity contribution in [2.75, 3.05) is 35.3 Å². The summed E-state index contributed by atoms with van der Waals surface area (Å²) in [5, 5.41) is 12.2. The van der Waals surface area contributed by atoms with Gasteiger partial charge in [0.2, 0.25) is 35.4 Å². The number of nitrogens with zero attached hydrogens (tertiary/aromatic N) is 2. The number of carboxylic acids is 1. The molecule has 0 aromatic carbocycles. The van der Waals surface area contributed by atoms with Crippen LogP contribution in [0.4, 0.5) is 0 Å². The second-order valence-electron chi connectivity index (χ2n) is 5.66. The first-order chi connectivity index (χ1) is 21.3. The summed E-state index contributed by atoms with van der Waals surface area (Å²) >= 11 is 0. The summed E-state index contributed by atoms with van der Waals surface area (Å²) in [6.45, 7) is 33.8. The number of carboxylic acid groups (broad SMARTS) is 1. The van der Waals surface area contributed by atoms with Gasteiger partial charge < -0.3 is 20.5 Å². The van der Waals surface area contributed by atoms with Crippen molar-refractivity contribution < 1.29 is 156 Å². The molecule has 0 saturated heterocycles. The molecule has 103 heavy (non-hydrogen) atoms. The Morgan fingerprint density at radius 3 is 0.291 bits per heavy atom. The standard InChI is InChI=1S/2C5H9NO2.2C3H7NO.2C2H4O2.6C2H6.53CH4.2W.2Y/c2*1-4(7)6(3)5(2)8;2*1-3(5)4-2;1-4-2-3;1-2(3)4;6*1-2;;;;;;;;;;;;;;;;;;;;;;;;;;;;;;;;;;;;;;;;;;;;;;;;;;;;;;;;;/h2*1-3H3;2*1-2H3,(H,4,5);2H,1H3;1H3,(H,3,4);6*1-2H3;53*1H4;;;;. The zero-order valence-electron chi connectivity index (χ0n) is 36.1. The second-order valence-corrected chi connectivity index (χ2v) is 5.66. The number of hydrogen-bond acceptors (Lipinski definition) is 9. The molecule has 3 N–H and O–H groups in total. The predicted molar refractivity (Wildman–Crippen MR) is 549 cm³/mol. The number of hydrogen-bond donors (Lipinski definition) is 3. The van der Waals surface area contributed by atoms with Crippen molar-refractivity contribution in [3.8, 4) is 0 Å². The molecular weight excluding hydrogens is 1780 g/mol. The van der Waals surface area contributed by atoms with Gasteiger partial charge in [-0.3, -0.25) is 48.2 Å². The van der Waals surface area contributed by atoms with E-state index in [1.54, 1.807) is 14.1 Å². The first-order valence-electron chi connectivity index (χ1n) is 15.3. The van der Waals surface area contributed by atoms with Gasteiger partial charge in [-0.25, -0.2) is 0 Å². The molecular formula is C85H288N4O10W2Y2. The summed E-state index contributed by atoms with van der Waals surface area (Å²) in [6, 6.07) is 0. The van der Waals surface area contributed by atoms with Gasteiger partial charge in [0, 0.05) is 184 Å². The zero-order valence-corrected chi connectivity index (χ0v) is 47.6. The summed E-state index contributed by atoms with van der Waals surface area (Å²) in [6.07, 6.45) is 0. The average Bonchev–Trinajstić information content (AvgIpc) is 3.06. The molecule has 0 fully saturated rings. The fraction of sp³-hybridized carbons (Fsp3) is 0.906. The topological polar surface area (TPSA) is 197 Å². The maximum atomic E-state index is 10.3. The number of methoxy groups -OCH3 is 1. The number of rotatable bonds is 1. The summed E-state index contributed by atoms with van der Waals surface area (Å²) in [4.78, 5) is 80.6. The third kappa shape index (κ3) is 2350. The molecule has 0 aromatic rings. The fourth-order valence-electron chi connectivity index (χ4n) is 0.443. The molecule has 0 aromatic heterocycles. The van der Waals surface area contributed by atoms with Crippen LogP contribution in [0.25, 0.3) is 0 Å². The van der Waals surface area contributed by atoms with Crippen molar-refractivity contribution in [2.45, 2.75) is 525 Å². The first kappa shape index (κ1) is 934. The number of ether oxygens (including phenoxy) is 1. The van der Waals surface area contributed by atoms with Crippen LogP contribution >= 0.6 is 0 Å². The minimum Gasteiger partial charge on any atom is -0.481 e. The monoisotopic (exact) mass is 2070 g/mol. The predicted octanol–water partition coefficient (Wildman–Crippen LogP) is 39.3. The third-order valence-corrected chi connectivity index (χ3v) is 2.69. The van der Waals surface area contributed by atoms with Gasteiger partial charge >= 0.3 is 0 Å². The van der Waals surface area contributed by atoms with Crippen molar-refractivity contribution in [2.24, 2.45) is 0 Å². The van der Waals surface area contributed by atoms with E-state index in [4.69, 9.17) is 14.7 Å². The Kier molecular flexibility index (Phi) is 9910. The van der Waals surface area contributed by atoms with Crippen LogP contribution in [0.2, 0.25) is 0 Å². The van der Waals surface area contributed by atoms with Crippen molar-refractivity contribution in [3.63, 3.8) is 0 Å². The van der Waals surface area contributed by atoms with Gasteiger partial charge in [0.05, 0.1) is 7.11 Å². The largest absolute Gasteiger partial charge is 0.481 e. The number of aliphatic carboxylic acids is 1. The Labute approximate surface area is 777 Å². The Balaban J connectivity index is -0.00000000177. The van der Waals surface area contributed by atoms with E-state index in [0.29, 0.717) is 6.47 Å². The normalized spacial score (nSPS) is 2.76. The van der Waals surface area contributed by atoms with Crippen LogP contribution in [0.15, 0.2) is 0 Å². The van der Waals surface area contributed by atoms with Crippen molar-refractivity contribution in [1.82, 2.24) is 20.4 Å². The zero-order chi connectivity index (χ0) is 41.0. The van der Waals surface area contributed by atoms with E-state index < -0.39 is 5.97 Å². The quantitative estimate of drug-likeness (QED) is 0.213. The number of carbonyl (C=O) groups excluding carboxylic acids is 7. The molecule has 2 radical (unpaired) electrons. The van der Waals surface area contributed by atoms with Gasteiger partial charge in [-0.2, -0.15) is 0 Å². The summed E-state index contributed by atoms with van der Waals surface area (Å²) < 4.78 is 3.86. The molecule has 6 amide bonds. The minimum atomic E-state index is -0.833. The van der Waals surface area contributed by atoms with Gasteiger partial charge in [-0.1, -0.05) is 477 Å². The Morgan fingerprint density at radius 1 is 0.252 bits per heavy atom. The molecule has 0 saturated carbocycles. The van der Waals surface area contributed by atoms with Crippen molar-refractivity contribution in [3.05, 3.63) is 0 Å². The number of nitrogens with one attached hydrogen (secondary N) is 2. The van der Waals surface area contributed by atoms with Crippen LogP contribution in [0, 0.1) is 0 Å². The third-order valence-electron chi connectivity index (χ3n) is 2.69. The molecule has 0 heterocycles. The van der Waals surface area contributed by atoms with Gasteiger partial charge in [-0.05, 0) is 0 Å². The van der Waals surface area contributed by atoms with Gasteiger partial charge in [-0.15, -0.1) is 0 Å². The van der Waals surface area contributed by atoms with Gasteiger partial charge in [0.15, 0.2) is 0 Å². The molecule has 0 bridgehead atoms. The molecule has 0 aliphatic heterocycles. The van der Waals surface area contributed by atoms with Crippen LogP contribution in [0.1, 0.15) is 525 Å². The van der Waals surface area contributed by atoms with Gasteiger partial charge in [0.25, 0.3) is 12.4 Å². The molecule has 0 rings (SSSR count). The van der Waals surface area contributed by atoms with E-state index in [1.807, 2.05) is 83.1 Å². The van der Waals surface area contributed by atoms with Crippen molar-refractivity contribution in [1.29, 1.82) is 0 Å². The van der Waals surface area contributed by atoms with Crippen LogP contribution in [0.3, 0.4) is 0 Å². The average molecular weight is 2070 g/mol. The Morgan fingerprint density at radius 2 is 0.291 bits per heavy atom. The Hall–Kier alpha value is -0.256. The minimum absolute atomic E-state index is 0. The Bertz CT molecular complexity index is 614. The molecule has 0 atom stereocenters. The summed E-state index contributed by atoms with van der Waals surface area (Å²) in [5.41, 5.74) is 0. The molecule has 0 unspecified atom stereocenters. The molecule has 0 aliphatic carbocycles. The van der Waals surface area contributed by atoms with Crippen molar-refractivity contribution >= 4 is 47.9 Å². The second kappa shape index (κ2) is 1090. The fourth-order valence-corrected chi connectivity index (χ4v) is 0.443. The molecule has 18 heteroatoms. The van der Waals surface area contributed by atoms with E-state index in [0.717, 1.165) is 16.7 Å². The number of imide groups is 2. The van der Waals surface area contributed by atoms with Crippen LogP contribution in [0.5, 0.6) is 0 Å². The van der Waals surface area contributed by atoms with E-state index in [9.17, 15) is 28.8 Å². The molecule has 726 valence electrons. The van der Waals surface area contributed by atoms with E-state index >= 15 is 0 Å². The van der Waals surface area contributed by atoms with E-state index in [-0.39, 0.29) is 537 Å². The molecule has 0 aliphatic rings. The number of amides is 6. The van der Waals surface area contributed by atoms with Gasteiger partial charge in [0.1, 0.15) is 0 Å².